The Kier molecular flexibility index (Phi) is 6.03. The van der Waals surface area contributed by atoms with E-state index in [2.05, 4.69) is 8.37 Å². The second-order valence-electron chi connectivity index (χ2n) is 6.13. The van der Waals surface area contributed by atoms with Crippen LogP contribution >= 0.6 is 0 Å². The fourth-order valence-electron chi connectivity index (χ4n) is 2.84. The number of methoxy groups -OCH3 is 2. The molecule has 0 amide bonds. The van der Waals surface area contributed by atoms with Gasteiger partial charge in [0, 0.05) is 11.6 Å². The van der Waals surface area contributed by atoms with E-state index < -0.39 is 66.0 Å². The van der Waals surface area contributed by atoms with E-state index in [4.69, 9.17) is 23.0 Å². The second-order valence-corrected chi connectivity index (χ2v) is 8.17. The van der Waals surface area contributed by atoms with Crippen LogP contribution in [0.25, 0.3) is 22.3 Å². The van der Waals surface area contributed by atoms with Gasteiger partial charge in [-0.25, -0.2) is 0 Å². The summed E-state index contributed by atoms with van der Waals surface area (Å²) in [5, 5.41) is 19.4. The predicted octanol–water partition coefficient (Wildman–Crippen LogP) is 1.25. The molecular weight excluding hydrogens is 492 g/mol. The minimum absolute atomic E-state index is 0.0823. The van der Waals surface area contributed by atoms with Crippen LogP contribution < -0.4 is 23.3 Å². The first-order valence-electron chi connectivity index (χ1n) is 8.37. The molecule has 0 saturated carbocycles. The van der Waals surface area contributed by atoms with Crippen LogP contribution in [-0.2, 0) is 20.8 Å². The number of hydrogen-bond donors (Lipinski definition) is 4. The van der Waals surface area contributed by atoms with Gasteiger partial charge in [0.2, 0.25) is 16.9 Å². The molecule has 0 radical (unpaired) electrons. The minimum atomic E-state index is -5.30. The SMILES string of the molecule is COc1cc(O)c2c(=O)c(OS(=O)(=O)O)c(-c3ccc(O)c(OS(=O)(=O)O)c3)oc2c1OC. The summed E-state index contributed by atoms with van der Waals surface area (Å²) in [4.78, 5) is 13.0. The molecule has 16 heteroatoms. The lowest BCUT2D eigenvalue weighted by Gasteiger charge is -2.15. The second kappa shape index (κ2) is 8.32. The van der Waals surface area contributed by atoms with E-state index in [1.807, 2.05) is 0 Å². The van der Waals surface area contributed by atoms with E-state index in [0.717, 1.165) is 24.3 Å². The molecule has 3 aromatic rings. The van der Waals surface area contributed by atoms with Gasteiger partial charge in [0.25, 0.3) is 0 Å². The van der Waals surface area contributed by atoms with E-state index in [9.17, 15) is 31.8 Å². The van der Waals surface area contributed by atoms with Crippen LogP contribution in [0.4, 0.5) is 0 Å². The smallest absolute Gasteiger partial charge is 0.446 e. The summed E-state index contributed by atoms with van der Waals surface area (Å²) in [5.41, 5.74) is -2.05. The van der Waals surface area contributed by atoms with Crippen molar-refractivity contribution in [2.45, 2.75) is 0 Å². The van der Waals surface area contributed by atoms with E-state index >= 15 is 0 Å². The molecule has 2 aromatic carbocycles. The molecular formula is C17H14O14S2. The number of hydrogen-bond acceptors (Lipinski definition) is 12. The van der Waals surface area contributed by atoms with Crippen LogP contribution in [0.2, 0.25) is 0 Å². The zero-order valence-corrected chi connectivity index (χ0v) is 18.1. The Morgan fingerprint density at radius 3 is 2.00 bits per heavy atom. The molecule has 0 unspecified atom stereocenters. The molecule has 178 valence electrons. The van der Waals surface area contributed by atoms with Crippen molar-refractivity contribution in [3.05, 3.63) is 34.5 Å². The number of rotatable bonds is 7. The fraction of sp³-hybridized carbons (Fsp3) is 0.118. The lowest BCUT2D eigenvalue weighted by Crippen LogP contribution is -2.16. The topological polar surface area (TPSA) is 216 Å². The fourth-order valence-corrected chi connectivity index (χ4v) is 3.56. The maximum Gasteiger partial charge on any atom is 0.446 e. The Hall–Kier alpha value is -3.73. The van der Waals surface area contributed by atoms with E-state index in [0.29, 0.717) is 0 Å². The largest absolute Gasteiger partial charge is 0.507 e. The summed E-state index contributed by atoms with van der Waals surface area (Å²) in [5.74, 6) is -4.47. The molecule has 0 aliphatic heterocycles. The Morgan fingerprint density at radius 2 is 1.45 bits per heavy atom. The van der Waals surface area contributed by atoms with Crippen molar-refractivity contribution < 1.29 is 58.4 Å². The first-order valence-corrected chi connectivity index (χ1v) is 11.1. The Morgan fingerprint density at radius 1 is 0.818 bits per heavy atom. The molecule has 0 aliphatic rings. The van der Waals surface area contributed by atoms with Gasteiger partial charge in [-0.15, -0.1) is 0 Å². The van der Waals surface area contributed by atoms with Gasteiger partial charge in [0.15, 0.2) is 28.6 Å². The summed E-state index contributed by atoms with van der Waals surface area (Å²) in [6, 6.07) is 3.61. The van der Waals surface area contributed by atoms with Gasteiger partial charge >= 0.3 is 20.8 Å². The van der Waals surface area contributed by atoms with Crippen LogP contribution in [0.1, 0.15) is 0 Å². The van der Waals surface area contributed by atoms with E-state index in [-0.39, 0.29) is 17.1 Å². The first kappa shape index (κ1) is 23.9. The third-order valence-corrected chi connectivity index (χ3v) is 4.82. The Balaban J connectivity index is 2.47. The Labute approximate surface area is 185 Å². The highest BCUT2D eigenvalue weighted by molar-refractivity contribution is 7.81. The molecule has 0 saturated heterocycles. The minimum Gasteiger partial charge on any atom is -0.507 e. The maximum atomic E-state index is 13.0. The predicted molar refractivity (Wildman–Crippen MR) is 109 cm³/mol. The van der Waals surface area contributed by atoms with Crippen molar-refractivity contribution in [3.63, 3.8) is 0 Å². The van der Waals surface area contributed by atoms with Crippen molar-refractivity contribution in [1.82, 2.24) is 0 Å². The summed E-state index contributed by atoms with van der Waals surface area (Å²) < 4.78 is 87.1. The zero-order chi connectivity index (χ0) is 24.7. The normalized spacial score (nSPS) is 11.9. The number of aromatic hydroxyl groups is 2. The molecule has 1 heterocycles. The zero-order valence-electron chi connectivity index (χ0n) is 16.5. The van der Waals surface area contributed by atoms with Crippen molar-refractivity contribution >= 4 is 31.8 Å². The third kappa shape index (κ3) is 4.87. The molecule has 4 N–H and O–H groups in total. The highest BCUT2D eigenvalue weighted by Crippen LogP contribution is 2.44. The summed E-state index contributed by atoms with van der Waals surface area (Å²) in [6.45, 7) is 0. The first-order chi connectivity index (χ1) is 15.3. The molecule has 1 aromatic heterocycles. The highest BCUT2D eigenvalue weighted by Gasteiger charge is 2.28. The van der Waals surface area contributed by atoms with Crippen LogP contribution in [0.3, 0.4) is 0 Å². The number of phenolic OH excluding ortho intramolecular Hbond substituents is 2. The van der Waals surface area contributed by atoms with E-state index in [1.54, 1.807) is 0 Å². The van der Waals surface area contributed by atoms with E-state index in [1.165, 1.54) is 14.2 Å². The van der Waals surface area contributed by atoms with Gasteiger partial charge in [0.1, 0.15) is 11.1 Å². The molecule has 3 rings (SSSR count). The van der Waals surface area contributed by atoms with Crippen LogP contribution in [0.5, 0.6) is 34.5 Å². The quantitative estimate of drug-likeness (QED) is 0.332. The lowest BCUT2D eigenvalue weighted by molar-refractivity contribution is 0.348. The highest BCUT2D eigenvalue weighted by atomic mass is 32.3. The number of benzene rings is 2. The van der Waals surface area contributed by atoms with Crippen molar-refractivity contribution in [2.75, 3.05) is 14.2 Å². The number of ether oxygens (including phenoxy) is 2. The van der Waals surface area contributed by atoms with Crippen molar-refractivity contribution in [1.29, 1.82) is 0 Å². The molecule has 0 bridgehead atoms. The van der Waals surface area contributed by atoms with Gasteiger partial charge in [-0.05, 0) is 18.2 Å². The van der Waals surface area contributed by atoms with Gasteiger partial charge in [-0.2, -0.15) is 16.8 Å². The summed E-state index contributed by atoms with van der Waals surface area (Å²) in [6.07, 6.45) is 0. The monoisotopic (exact) mass is 506 g/mol. The van der Waals surface area contributed by atoms with Gasteiger partial charge < -0.3 is 32.5 Å². The van der Waals surface area contributed by atoms with Crippen molar-refractivity contribution in [2.24, 2.45) is 0 Å². The Bertz CT molecular complexity index is 1520. The molecule has 0 aliphatic carbocycles. The molecule has 14 nitrogen and oxygen atoms in total. The van der Waals surface area contributed by atoms with Gasteiger partial charge in [0.05, 0.1) is 14.2 Å². The third-order valence-electron chi connectivity index (χ3n) is 4.05. The van der Waals surface area contributed by atoms with Crippen LogP contribution in [-0.4, -0.2) is 50.4 Å². The molecule has 33 heavy (non-hydrogen) atoms. The van der Waals surface area contributed by atoms with Crippen LogP contribution in [0.15, 0.2) is 33.5 Å². The van der Waals surface area contributed by atoms with Crippen molar-refractivity contribution in [3.8, 4) is 45.8 Å². The van der Waals surface area contributed by atoms with Crippen LogP contribution in [0, 0.1) is 0 Å². The molecule has 0 atom stereocenters. The maximum absolute atomic E-state index is 13.0. The van der Waals surface area contributed by atoms with Gasteiger partial charge in [-0.3, -0.25) is 13.9 Å². The molecule has 0 spiro atoms. The van der Waals surface area contributed by atoms with Gasteiger partial charge in [-0.1, -0.05) is 0 Å². The summed E-state index contributed by atoms with van der Waals surface area (Å²) in [7, 11) is -8.00. The standard InChI is InChI=1S/C17H14O14S2/c1-27-11-6-9(19)12-13(20)17(31-33(24,25)26)14(29-16(12)15(11)28-2)7-3-4-8(18)10(5-7)30-32(21,22)23/h3-6,18-19H,1-2H3,(H,21,22,23)(H,24,25,26). The number of phenols is 2. The lowest BCUT2D eigenvalue weighted by atomic mass is 10.1. The molecule has 0 fully saturated rings. The average molecular weight is 506 g/mol. The summed E-state index contributed by atoms with van der Waals surface area (Å²) >= 11 is 0. The average Bonchev–Trinajstić information content (AvgIpc) is 2.69. The number of fused-ring (bicyclic) bond motifs is 1.